The summed E-state index contributed by atoms with van der Waals surface area (Å²) in [6.45, 7) is 6.68. The van der Waals surface area contributed by atoms with E-state index in [1.54, 1.807) is 0 Å². The number of hydrogen-bond acceptors (Lipinski definition) is 6. The Balaban J connectivity index is 1.53. The van der Waals surface area contributed by atoms with Gasteiger partial charge in [0.15, 0.2) is 6.29 Å². The number of ether oxygens (including phenoxy) is 2. The van der Waals surface area contributed by atoms with Gasteiger partial charge in [-0.25, -0.2) is 0 Å². The molecule has 7 heteroatoms. The molecule has 2 N–H and O–H groups in total. The lowest BCUT2D eigenvalue weighted by molar-refractivity contribution is -0.169. The summed E-state index contributed by atoms with van der Waals surface area (Å²) in [5, 5.41) is 19.3. The molecule has 24 heavy (non-hydrogen) atoms. The van der Waals surface area contributed by atoms with E-state index in [1.165, 1.54) is 0 Å². The molecule has 4 rings (SSSR count). The van der Waals surface area contributed by atoms with Gasteiger partial charge in [-0.2, -0.15) is 5.10 Å². The summed E-state index contributed by atoms with van der Waals surface area (Å²) >= 11 is 0. The number of aryl methyl sites for hydroxylation is 2. The van der Waals surface area contributed by atoms with Crippen molar-refractivity contribution < 1.29 is 14.6 Å². The minimum absolute atomic E-state index is 0.0853. The number of nitrogens with one attached hydrogen (secondary N) is 1. The molecule has 3 aliphatic heterocycles. The third-order valence-electron chi connectivity index (χ3n) is 5.60. The van der Waals surface area contributed by atoms with Crippen molar-refractivity contribution in [3.8, 4) is 0 Å². The van der Waals surface area contributed by atoms with Gasteiger partial charge < -0.3 is 24.8 Å². The van der Waals surface area contributed by atoms with E-state index in [0.717, 1.165) is 37.3 Å². The van der Waals surface area contributed by atoms with Gasteiger partial charge in [0.1, 0.15) is 12.1 Å². The summed E-state index contributed by atoms with van der Waals surface area (Å²) in [4.78, 5) is 2.35. The van der Waals surface area contributed by atoms with Gasteiger partial charge in [0.05, 0.1) is 24.4 Å². The highest BCUT2D eigenvalue weighted by atomic mass is 16.7. The van der Waals surface area contributed by atoms with Crippen molar-refractivity contribution in [2.45, 2.75) is 63.3 Å². The Bertz CT molecular complexity index is 584. The monoisotopic (exact) mass is 336 g/mol. The molecule has 5 atom stereocenters. The molecule has 5 unspecified atom stereocenters. The van der Waals surface area contributed by atoms with Crippen LogP contribution < -0.4 is 5.32 Å². The third kappa shape index (κ3) is 2.88. The first kappa shape index (κ1) is 16.5. The maximum Gasteiger partial charge on any atom is 0.183 e. The topological polar surface area (TPSA) is 71.8 Å². The second-order valence-corrected chi connectivity index (χ2v) is 7.50. The fourth-order valence-corrected chi connectivity index (χ4v) is 4.26. The molecule has 1 aromatic rings. The zero-order chi connectivity index (χ0) is 16.8. The highest BCUT2D eigenvalue weighted by molar-refractivity contribution is 5.11. The van der Waals surface area contributed by atoms with E-state index in [1.807, 2.05) is 24.6 Å². The summed E-state index contributed by atoms with van der Waals surface area (Å²) in [5.74, 6) is 0. The Morgan fingerprint density at radius 2 is 2.04 bits per heavy atom. The summed E-state index contributed by atoms with van der Waals surface area (Å²) in [6, 6.07) is 2.02. The zero-order valence-corrected chi connectivity index (χ0v) is 14.7. The first-order valence-corrected chi connectivity index (χ1v) is 8.95. The van der Waals surface area contributed by atoms with Gasteiger partial charge in [0, 0.05) is 11.7 Å². The van der Waals surface area contributed by atoms with Gasteiger partial charge in [-0.3, -0.25) is 4.68 Å². The summed E-state index contributed by atoms with van der Waals surface area (Å²) in [7, 11) is 2.16. The number of likely N-dealkylation sites (tertiary alicyclic amines) is 1. The molecule has 2 bridgehead atoms. The molecule has 3 fully saturated rings. The molecule has 7 nitrogen and oxygen atoms in total. The Hall–Kier alpha value is -0.990. The van der Waals surface area contributed by atoms with Crippen molar-refractivity contribution in [2.24, 2.45) is 0 Å². The number of aliphatic hydroxyl groups excluding tert-OH is 1. The summed E-state index contributed by atoms with van der Waals surface area (Å²) in [5.41, 5.74) is 1.96. The van der Waals surface area contributed by atoms with Crippen LogP contribution in [0.4, 0.5) is 0 Å². The number of aliphatic hydroxyl groups is 1. The lowest BCUT2D eigenvalue weighted by atomic mass is 9.93. The maximum absolute atomic E-state index is 11.1. The number of piperidine rings is 1. The molecule has 134 valence electrons. The molecule has 0 spiro atoms. The van der Waals surface area contributed by atoms with Crippen molar-refractivity contribution in [1.82, 2.24) is 20.0 Å². The molecule has 1 aromatic heterocycles. The quantitative estimate of drug-likeness (QED) is 0.822. The van der Waals surface area contributed by atoms with Crippen molar-refractivity contribution in [3.05, 3.63) is 17.5 Å². The van der Waals surface area contributed by atoms with Crippen molar-refractivity contribution in [1.29, 1.82) is 0 Å². The molecule has 0 aliphatic carbocycles. The molecular weight excluding hydrogens is 308 g/mol. The second kappa shape index (κ2) is 6.38. The van der Waals surface area contributed by atoms with Crippen LogP contribution in [0.3, 0.4) is 0 Å². The molecule has 0 amide bonds. The molecule has 4 heterocycles. The average Bonchev–Trinajstić information content (AvgIpc) is 3.11. The Morgan fingerprint density at radius 1 is 1.29 bits per heavy atom. The minimum Gasteiger partial charge on any atom is -0.389 e. The van der Waals surface area contributed by atoms with E-state index >= 15 is 0 Å². The van der Waals surface area contributed by atoms with Gasteiger partial charge in [0.25, 0.3) is 0 Å². The Labute approximate surface area is 142 Å². The van der Waals surface area contributed by atoms with E-state index in [-0.39, 0.29) is 18.2 Å². The summed E-state index contributed by atoms with van der Waals surface area (Å²) in [6.07, 6.45) is 1.12. The fraction of sp³-hybridized carbons (Fsp3) is 0.824. The number of rotatable bonds is 3. The van der Waals surface area contributed by atoms with Crippen molar-refractivity contribution >= 4 is 0 Å². The highest BCUT2D eigenvalue weighted by Crippen LogP contribution is 2.36. The van der Waals surface area contributed by atoms with Gasteiger partial charge in [-0.15, -0.1) is 0 Å². The average molecular weight is 336 g/mol. The van der Waals surface area contributed by atoms with Crippen LogP contribution in [0.5, 0.6) is 0 Å². The van der Waals surface area contributed by atoms with Crippen LogP contribution in [0.1, 0.15) is 30.3 Å². The van der Waals surface area contributed by atoms with Crippen LogP contribution in [0.25, 0.3) is 0 Å². The molecule has 3 saturated heterocycles. The van der Waals surface area contributed by atoms with Crippen molar-refractivity contribution in [2.75, 3.05) is 26.7 Å². The number of fused-ring (bicyclic) bond motifs is 2. The molecular formula is C17H28N4O3. The lowest BCUT2D eigenvalue weighted by Crippen LogP contribution is -2.60. The molecule has 0 saturated carbocycles. The minimum atomic E-state index is -0.575. The van der Waals surface area contributed by atoms with Crippen LogP contribution in [0.2, 0.25) is 0 Å². The van der Waals surface area contributed by atoms with Gasteiger partial charge in [-0.05, 0) is 52.9 Å². The van der Waals surface area contributed by atoms with Gasteiger partial charge in [0.2, 0.25) is 0 Å². The third-order valence-corrected chi connectivity index (χ3v) is 5.60. The van der Waals surface area contributed by atoms with Crippen molar-refractivity contribution in [3.63, 3.8) is 0 Å². The van der Waals surface area contributed by atoms with E-state index in [2.05, 4.69) is 22.4 Å². The van der Waals surface area contributed by atoms with Gasteiger partial charge in [-0.1, -0.05) is 0 Å². The Kier molecular flexibility index (Phi) is 4.38. The van der Waals surface area contributed by atoms with Crippen LogP contribution >= 0.6 is 0 Å². The number of nitrogens with zero attached hydrogens (tertiary/aromatic N) is 3. The maximum atomic E-state index is 11.1. The predicted octanol–water partition coefficient (Wildman–Crippen LogP) is 0.209. The SMILES string of the molecule is Cc1cc(C)n(C2C3OCC(O3)C(NC3CCN(C)CC3)C2O)n1. The zero-order valence-electron chi connectivity index (χ0n) is 14.7. The van der Waals surface area contributed by atoms with E-state index in [4.69, 9.17) is 9.47 Å². The molecule has 3 aliphatic rings. The Morgan fingerprint density at radius 3 is 2.71 bits per heavy atom. The van der Waals surface area contributed by atoms with Gasteiger partial charge >= 0.3 is 0 Å². The molecule has 0 radical (unpaired) electrons. The number of aromatic nitrogens is 2. The largest absolute Gasteiger partial charge is 0.389 e. The van der Waals surface area contributed by atoms with E-state index in [9.17, 15) is 5.11 Å². The standard InChI is InChI=1S/C17H28N4O3/c1-10-8-11(2)21(19-10)15-16(22)14(13-9-23-17(15)24-13)18-12-4-6-20(3)7-5-12/h8,12-18,22H,4-7,9H2,1-3H3. The lowest BCUT2D eigenvalue weighted by Gasteiger charge is -2.42. The number of hydrogen-bond donors (Lipinski definition) is 2. The van der Waals surface area contributed by atoms with Crippen LogP contribution in [-0.4, -0.2) is 77.1 Å². The smallest absolute Gasteiger partial charge is 0.183 e. The molecule has 0 aromatic carbocycles. The van der Waals surface area contributed by atoms with Crippen LogP contribution in [-0.2, 0) is 9.47 Å². The van der Waals surface area contributed by atoms with Crippen LogP contribution in [0.15, 0.2) is 6.07 Å². The fourth-order valence-electron chi connectivity index (χ4n) is 4.26. The predicted molar refractivity (Wildman–Crippen MR) is 88.8 cm³/mol. The van der Waals surface area contributed by atoms with E-state index < -0.39 is 12.4 Å². The van der Waals surface area contributed by atoms with E-state index in [0.29, 0.717) is 12.6 Å². The van der Waals surface area contributed by atoms with Crippen LogP contribution in [0, 0.1) is 13.8 Å². The first-order chi connectivity index (χ1) is 11.5. The first-order valence-electron chi connectivity index (χ1n) is 8.95. The highest BCUT2D eigenvalue weighted by Gasteiger charge is 2.52. The normalized spacial score (nSPS) is 37.9. The summed E-state index contributed by atoms with van der Waals surface area (Å²) < 4.78 is 13.8. The second-order valence-electron chi connectivity index (χ2n) is 7.50.